The average molecular weight is 256 g/mol. The SMILES string of the molecule is CCCCCCCCC(SCCC#N)C(N)=O. The van der Waals surface area contributed by atoms with E-state index in [9.17, 15) is 4.79 Å². The number of amides is 1. The Morgan fingerprint density at radius 3 is 2.53 bits per heavy atom. The third-order valence-corrected chi connectivity index (χ3v) is 3.98. The molecule has 0 saturated carbocycles. The highest BCUT2D eigenvalue weighted by molar-refractivity contribution is 8.00. The Balaban J connectivity index is 3.57. The van der Waals surface area contributed by atoms with Crippen LogP contribution in [-0.4, -0.2) is 16.9 Å². The van der Waals surface area contributed by atoms with Crippen molar-refractivity contribution in [3.8, 4) is 6.07 Å². The summed E-state index contributed by atoms with van der Waals surface area (Å²) in [5.74, 6) is 0.474. The highest BCUT2D eigenvalue weighted by Gasteiger charge is 2.14. The van der Waals surface area contributed by atoms with Gasteiger partial charge >= 0.3 is 0 Å². The number of rotatable bonds is 11. The van der Waals surface area contributed by atoms with E-state index in [0.29, 0.717) is 12.2 Å². The Labute approximate surface area is 109 Å². The summed E-state index contributed by atoms with van der Waals surface area (Å²) in [4.78, 5) is 11.2. The maximum atomic E-state index is 11.2. The Hall–Kier alpha value is -0.690. The molecule has 1 amide bonds. The Bertz CT molecular complexity index is 238. The van der Waals surface area contributed by atoms with Gasteiger partial charge in [0.15, 0.2) is 0 Å². The van der Waals surface area contributed by atoms with Crippen molar-refractivity contribution in [2.45, 2.75) is 63.5 Å². The monoisotopic (exact) mass is 256 g/mol. The lowest BCUT2D eigenvalue weighted by atomic mass is 10.1. The highest BCUT2D eigenvalue weighted by Crippen LogP contribution is 2.19. The van der Waals surface area contributed by atoms with Gasteiger partial charge in [-0.05, 0) is 6.42 Å². The van der Waals surface area contributed by atoms with Gasteiger partial charge in [-0.15, -0.1) is 11.8 Å². The summed E-state index contributed by atoms with van der Waals surface area (Å²) in [6, 6.07) is 2.08. The lowest BCUT2D eigenvalue weighted by Crippen LogP contribution is -2.26. The molecular weight excluding hydrogens is 232 g/mol. The number of hydrogen-bond donors (Lipinski definition) is 1. The second-order valence-electron chi connectivity index (χ2n) is 4.23. The van der Waals surface area contributed by atoms with E-state index in [1.54, 1.807) is 0 Å². The summed E-state index contributed by atoms with van der Waals surface area (Å²) in [7, 11) is 0. The van der Waals surface area contributed by atoms with E-state index in [-0.39, 0.29) is 11.2 Å². The summed E-state index contributed by atoms with van der Waals surface area (Å²) in [5, 5.41) is 8.33. The van der Waals surface area contributed by atoms with Crippen molar-refractivity contribution in [2.75, 3.05) is 5.75 Å². The molecule has 0 saturated heterocycles. The van der Waals surface area contributed by atoms with Crippen molar-refractivity contribution >= 4 is 17.7 Å². The third kappa shape index (κ3) is 10.2. The highest BCUT2D eigenvalue weighted by atomic mass is 32.2. The summed E-state index contributed by atoms with van der Waals surface area (Å²) in [6.07, 6.45) is 8.70. The molecule has 0 aromatic rings. The third-order valence-electron chi connectivity index (χ3n) is 2.67. The fraction of sp³-hybridized carbons (Fsp3) is 0.846. The van der Waals surface area contributed by atoms with Gasteiger partial charge in [-0.3, -0.25) is 4.79 Å². The van der Waals surface area contributed by atoms with Gasteiger partial charge in [-0.2, -0.15) is 5.26 Å². The summed E-state index contributed by atoms with van der Waals surface area (Å²) < 4.78 is 0. The molecule has 3 nitrogen and oxygen atoms in total. The van der Waals surface area contributed by atoms with Gasteiger partial charge in [0, 0.05) is 12.2 Å². The van der Waals surface area contributed by atoms with Gasteiger partial charge in [0.1, 0.15) is 0 Å². The van der Waals surface area contributed by atoms with Crippen molar-refractivity contribution < 1.29 is 4.79 Å². The second kappa shape index (κ2) is 11.8. The zero-order valence-electron chi connectivity index (χ0n) is 10.8. The predicted molar refractivity (Wildman–Crippen MR) is 73.7 cm³/mol. The standard InChI is InChI=1S/C13H24N2OS/c1-2-3-4-5-6-7-9-12(13(15)16)17-11-8-10-14/h12H,2-9,11H2,1H3,(H2,15,16). The maximum Gasteiger partial charge on any atom is 0.230 e. The summed E-state index contributed by atoms with van der Waals surface area (Å²) in [6.45, 7) is 2.20. The van der Waals surface area contributed by atoms with E-state index in [1.807, 2.05) is 0 Å². The first kappa shape index (κ1) is 16.3. The topological polar surface area (TPSA) is 66.9 Å². The molecule has 1 unspecified atom stereocenters. The molecule has 0 radical (unpaired) electrons. The second-order valence-corrected chi connectivity index (χ2v) is 5.54. The van der Waals surface area contributed by atoms with Crippen LogP contribution in [0.2, 0.25) is 0 Å². The van der Waals surface area contributed by atoms with Crippen molar-refractivity contribution in [1.82, 2.24) is 0 Å². The van der Waals surface area contributed by atoms with Crippen LogP contribution in [0.3, 0.4) is 0 Å². The molecular formula is C13H24N2OS. The van der Waals surface area contributed by atoms with Gasteiger partial charge < -0.3 is 5.73 Å². The first-order valence-corrected chi connectivity index (χ1v) is 7.55. The van der Waals surface area contributed by atoms with E-state index in [4.69, 9.17) is 11.0 Å². The van der Waals surface area contributed by atoms with E-state index in [1.165, 1.54) is 43.9 Å². The van der Waals surface area contributed by atoms with E-state index < -0.39 is 0 Å². The lowest BCUT2D eigenvalue weighted by molar-refractivity contribution is -0.117. The van der Waals surface area contributed by atoms with Crippen LogP contribution in [0.4, 0.5) is 0 Å². The molecule has 0 aliphatic carbocycles. The van der Waals surface area contributed by atoms with Crippen LogP contribution in [0.15, 0.2) is 0 Å². The number of carbonyl (C=O) groups excluding carboxylic acids is 1. The van der Waals surface area contributed by atoms with Crippen LogP contribution >= 0.6 is 11.8 Å². The summed E-state index contributed by atoms with van der Waals surface area (Å²) in [5.41, 5.74) is 5.34. The molecule has 2 N–H and O–H groups in total. The normalized spacial score (nSPS) is 12.0. The van der Waals surface area contributed by atoms with Crippen molar-refractivity contribution in [2.24, 2.45) is 5.73 Å². The summed E-state index contributed by atoms with van der Waals surface area (Å²) >= 11 is 1.53. The minimum atomic E-state index is -0.235. The van der Waals surface area contributed by atoms with Crippen molar-refractivity contribution in [3.05, 3.63) is 0 Å². The largest absolute Gasteiger partial charge is 0.369 e. The van der Waals surface area contributed by atoms with Gasteiger partial charge in [0.05, 0.1) is 11.3 Å². The van der Waals surface area contributed by atoms with E-state index in [0.717, 1.165) is 12.8 Å². The molecule has 17 heavy (non-hydrogen) atoms. The van der Waals surface area contributed by atoms with Crippen molar-refractivity contribution in [3.63, 3.8) is 0 Å². The first-order chi connectivity index (χ1) is 8.22. The molecule has 0 spiro atoms. The van der Waals surface area contributed by atoms with E-state index >= 15 is 0 Å². The molecule has 0 aliphatic heterocycles. The molecule has 0 rings (SSSR count). The molecule has 1 atom stereocenters. The van der Waals surface area contributed by atoms with Crippen LogP contribution < -0.4 is 5.73 Å². The Morgan fingerprint density at radius 2 is 1.94 bits per heavy atom. The number of hydrogen-bond acceptors (Lipinski definition) is 3. The van der Waals surface area contributed by atoms with Crippen LogP contribution in [-0.2, 0) is 4.79 Å². The molecule has 0 bridgehead atoms. The lowest BCUT2D eigenvalue weighted by Gasteiger charge is -2.11. The minimum absolute atomic E-state index is 0.102. The number of nitrogens with two attached hydrogens (primary N) is 1. The number of primary amides is 1. The van der Waals surface area contributed by atoms with Gasteiger partial charge in [0.25, 0.3) is 0 Å². The number of nitriles is 1. The number of unbranched alkanes of at least 4 members (excludes halogenated alkanes) is 5. The van der Waals surface area contributed by atoms with Crippen LogP contribution in [0.25, 0.3) is 0 Å². The average Bonchev–Trinajstić information content (AvgIpc) is 2.31. The molecule has 0 heterocycles. The predicted octanol–water partition coefficient (Wildman–Crippen LogP) is 3.24. The first-order valence-electron chi connectivity index (χ1n) is 6.50. The number of nitrogens with zero attached hydrogens (tertiary/aromatic N) is 1. The van der Waals surface area contributed by atoms with Crippen molar-refractivity contribution in [1.29, 1.82) is 5.26 Å². The van der Waals surface area contributed by atoms with Gasteiger partial charge in [-0.1, -0.05) is 45.4 Å². The zero-order chi connectivity index (χ0) is 12.9. The van der Waals surface area contributed by atoms with Crippen LogP contribution in [0, 0.1) is 11.3 Å². The molecule has 0 aliphatic rings. The zero-order valence-corrected chi connectivity index (χ0v) is 11.6. The Morgan fingerprint density at radius 1 is 1.29 bits per heavy atom. The molecule has 98 valence electrons. The van der Waals surface area contributed by atoms with Gasteiger partial charge in [-0.25, -0.2) is 0 Å². The fourth-order valence-corrected chi connectivity index (χ4v) is 2.66. The molecule has 4 heteroatoms. The minimum Gasteiger partial charge on any atom is -0.369 e. The molecule has 0 fully saturated rings. The Kier molecular flexibility index (Phi) is 11.3. The molecule has 0 aromatic carbocycles. The number of thioether (sulfide) groups is 1. The van der Waals surface area contributed by atoms with E-state index in [2.05, 4.69) is 13.0 Å². The van der Waals surface area contributed by atoms with Crippen LogP contribution in [0.1, 0.15) is 58.3 Å². The number of carbonyl (C=O) groups is 1. The quantitative estimate of drug-likeness (QED) is 0.577. The van der Waals surface area contributed by atoms with Crippen LogP contribution in [0.5, 0.6) is 0 Å². The van der Waals surface area contributed by atoms with Gasteiger partial charge in [0.2, 0.25) is 5.91 Å². The smallest absolute Gasteiger partial charge is 0.230 e. The molecule has 0 aromatic heterocycles. The maximum absolute atomic E-state index is 11.2. The fourth-order valence-electron chi connectivity index (χ4n) is 1.66.